The first-order valence-corrected chi connectivity index (χ1v) is 6.44. The summed E-state index contributed by atoms with van der Waals surface area (Å²) in [7, 11) is 0. The van der Waals surface area contributed by atoms with Crippen LogP contribution in [0.25, 0.3) is 0 Å². The van der Waals surface area contributed by atoms with Gasteiger partial charge in [-0.1, -0.05) is 18.2 Å². The molecule has 1 unspecified atom stereocenters. The Morgan fingerprint density at radius 3 is 3.00 bits per heavy atom. The lowest BCUT2D eigenvalue weighted by Gasteiger charge is -2.25. The number of para-hydroxylation sites is 1. The van der Waals surface area contributed by atoms with Crippen molar-refractivity contribution in [3.63, 3.8) is 0 Å². The Hall–Kier alpha value is -1.59. The van der Waals surface area contributed by atoms with Crippen LogP contribution in [-0.4, -0.2) is 41.2 Å². The van der Waals surface area contributed by atoms with Gasteiger partial charge in [0.05, 0.1) is 0 Å². The number of carboxylic acid groups (broad SMARTS) is 1. The molecule has 0 spiro atoms. The summed E-state index contributed by atoms with van der Waals surface area (Å²) in [4.78, 5) is 13.2. The molecule has 0 saturated carbocycles. The first kappa shape index (κ1) is 13.8. The lowest BCUT2D eigenvalue weighted by Crippen LogP contribution is -2.47. The van der Waals surface area contributed by atoms with E-state index in [0.717, 1.165) is 24.4 Å². The van der Waals surface area contributed by atoms with Crippen molar-refractivity contribution in [2.45, 2.75) is 25.4 Å². The number of benzene rings is 1. The second kappa shape index (κ2) is 5.59. The smallest absolute Gasteiger partial charge is 0.323 e. The molecule has 1 heterocycles. The van der Waals surface area contributed by atoms with E-state index < -0.39 is 11.5 Å². The number of hydrogen-bond acceptors (Lipinski definition) is 4. The number of carbonyl (C=O) groups is 1. The molecule has 104 valence electrons. The standard InChI is InChI=1S/C14H20N2O3/c1-14(15,13(17)18)6-7-16-8-9-19-12-5-3-2-4-11(12)10-16/h2-5H,6-10,15H2,1H3,(H,17,18). The highest BCUT2D eigenvalue weighted by Crippen LogP contribution is 2.22. The van der Waals surface area contributed by atoms with Crippen LogP contribution in [0.5, 0.6) is 5.75 Å². The Bertz CT molecular complexity index is 460. The van der Waals surface area contributed by atoms with Crippen LogP contribution in [0.2, 0.25) is 0 Å². The van der Waals surface area contributed by atoms with Gasteiger partial charge in [0.25, 0.3) is 0 Å². The maximum atomic E-state index is 11.0. The molecule has 3 N–H and O–H groups in total. The Morgan fingerprint density at radius 2 is 2.26 bits per heavy atom. The lowest BCUT2D eigenvalue weighted by molar-refractivity contribution is -0.143. The minimum Gasteiger partial charge on any atom is -0.492 e. The van der Waals surface area contributed by atoms with Gasteiger partial charge in [0.15, 0.2) is 0 Å². The van der Waals surface area contributed by atoms with Crippen LogP contribution in [-0.2, 0) is 11.3 Å². The molecule has 5 heteroatoms. The fraction of sp³-hybridized carbons (Fsp3) is 0.500. The predicted octanol–water partition coefficient (Wildman–Crippen LogP) is 1.07. The van der Waals surface area contributed by atoms with E-state index in [1.807, 2.05) is 24.3 Å². The van der Waals surface area contributed by atoms with Crippen molar-refractivity contribution in [2.24, 2.45) is 5.73 Å². The maximum Gasteiger partial charge on any atom is 0.323 e. The molecule has 0 radical (unpaired) electrons. The number of aliphatic carboxylic acids is 1. The molecule has 19 heavy (non-hydrogen) atoms. The minimum atomic E-state index is -1.17. The molecule has 5 nitrogen and oxygen atoms in total. The van der Waals surface area contributed by atoms with Crippen molar-refractivity contribution in [3.05, 3.63) is 29.8 Å². The lowest BCUT2D eigenvalue weighted by atomic mass is 9.99. The summed E-state index contributed by atoms with van der Waals surface area (Å²) in [5.41, 5.74) is 5.71. The van der Waals surface area contributed by atoms with Crippen LogP contribution in [0.15, 0.2) is 24.3 Å². The molecule has 1 atom stereocenters. The molecule has 0 saturated heterocycles. The zero-order chi connectivity index (χ0) is 13.9. The second-order valence-electron chi connectivity index (χ2n) is 5.20. The van der Waals surface area contributed by atoms with Gasteiger partial charge in [-0.15, -0.1) is 0 Å². The van der Waals surface area contributed by atoms with E-state index >= 15 is 0 Å². The van der Waals surface area contributed by atoms with Crippen LogP contribution in [0, 0.1) is 0 Å². The van der Waals surface area contributed by atoms with Crippen molar-refractivity contribution in [2.75, 3.05) is 19.7 Å². The number of carboxylic acids is 1. The zero-order valence-corrected chi connectivity index (χ0v) is 11.1. The van der Waals surface area contributed by atoms with E-state index in [9.17, 15) is 4.79 Å². The molecule has 1 aliphatic heterocycles. The Labute approximate surface area is 113 Å². The van der Waals surface area contributed by atoms with Crippen molar-refractivity contribution in [1.82, 2.24) is 4.90 Å². The summed E-state index contributed by atoms with van der Waals surface area (Å²) in [6.45, 7) is 4.37. The summed E-state index contributed by atoms with van der Waals surface area (Å²) < 4.78 is 5.67. The normalized spacial score (nSPS) is 18.8. The topological polar surface area (TPSA) is 75.8 Å². The van der Waals surface area contributed by atoms with Crippen molar-refractivity contribution in [1.29, 1.82) is 0 Å². The summed E-state index contributed by atoms with van der Waals surface area (Å²) in [6, 6.07) is 7.93. The van der Waals surface area contributed by atoms with E-state index in [4.69, 9.17) is 15.6 Å². The minimum absolute atomic E-state index is 0.421. The van der Waals surface area contributed by atoms with Gasteiger partial charge in [-0.25, -0.2) is 0 Å². The number of ether oxygens (including phenoxy) is 1. The van der Waals surface area contributed by atoms with Crippen molar-refractivity contribution < 1.29 is 14.6 Å². The molecule has 0 amide bonds. The van der Waals surface area contributed by atoms with Gasteiger partial charge >= 0.3 is 5.97 Å². The number of hydrogen-bond donors (Lipinski definition) is 2. The monoisotopic (exact) mass is 264 g/mol. The zero-order valence-electron chi connectivity index (χ0n) is 11.1. The summed E-state index contributed by atoms with van der Waals surface area (Å²) in [5.74, 6) is -0.0438. The third-order valence-electron chi connectivity index (χ3n) is 3.47. The van der Waals surface area contributed by atoms with Crippen LogP contribution in [0.1, 0.15) is 18.9 Å². The second-order valence-corrected chi connectivity index (χ2v) is 5.20. The third kappa shape index (κ3) is 3.45. The Kier molecular flexibility index (Phi) is 4.07. The van der Waals surface area contributed by atoms with Gasteiger partial charge in [-0.3, -0.25) is 9.69 Å². The predicted molar refractivity (Wildman–Crippen MR) is 72.1 cm³/mol. The van der Waals surface area contributed by atoms with Gasteiger partial charge in [0.2, 0.25) is 0 Å². The highest BCUT2D eigenvalue weighted by atomic mass is 16.5. The fourth-order valence-corrected chi connectivity index (χ4v) is 2.07. The average Bonchev–Trinajstić information content (AvgIpc) is 2.58. The Balaban J connectivity index is 1.98. The highest BCUT2D eigenvalue weighted by molar-refractivity contribution is 5.77. The third-order valence-corrected chi connectivity index (χ3v) is 3.47. The molecular formula is C14H20N2O3. The van der Waals surface area contributed by atoms with Crippen molar-refractivity contribution in [3.8, 4) is 5.75 Å². The maximum absolute atomic E-state index is 11.0. The van der Waals surface area contributed by atoms with E-state index in [2.05, 4.69) is 4.90 Å². The Morgan fingerprint density at radius 1 is 1.53 bits per heavy atom. The highest BCUT2D eigenvalue weighted by Gasteiger charge is 2.28. The van der Waals surface area contributed by atoms with Gasteiger partial charge < -0.3 is 15.6 Å². The summed E-state index contributed by atoms with van der Waals surface area (Å²) >= 11 is 0. The number of fused-ring (bicyclic) bond motifs is 1. The quantitative estimate of drug-likeness (QED) is 0.851. The molecule has 0 fully saturated rings. The molecule has 1 aromatic carbocycles. The van der Waals surface area contributed by atoms with E-state index in [1.54, 1.807) is 6.92 Å². The average molecular weight is 264 g/mol. The molecule has 1 aliphatic rings. The molecule has 0 aromatic heterocycles. The van der Waals surface area contributed by atoms with Crippen LogP contribution >= 0.6 is 0 Å². The van der Waals surface area contributed by atoms with Crippen LogP contribution in [0.3, 0.4) is 0 Å². The van der Waals surface area contributed by atoms with Gasteiger partial charge in [-0.2, -0.15) is 0 Å². The summed E-state index contributed by atoms with van der Waals surface area (Å²) in [5, 5.41) is 9.02. The summed E-state index contributed by atoms with van der Waals surface area (Å²) in [6.07, 6.45) is 0.421. The molecular weight excluding hydrogens is 244 g/mol. The molecule has 2 rings (SSSR count). The largest absolute Gasteiger partial charge is 0.492 e. The van der Waals surface area contributed by atoms with E-state index in [-0.39, 0.29) is 0 Å². The molecule has 1 aromatic rings. The molecule has 0 aliphatic carbocycles. The van der Waals surface area contributed by atoms with Crippen LogP contribution < -0.4 is 10.5 Å². The van der Waals surface area contributed by atoms with Crippen LogP contribution in [0.4, 0.5) is 0 Å². The number of nitrogens with zero attached hydrogens (tertiary/aromatic N) is 1. The van der Waals surface area contributed by atoms with Crippen molar-refractivity contribution >= 4 is 5.97 Å². The van der Waals surface area contributed by atoms with Gasteiger partial charge in [-0.05, 0) is 19.4 Å². The first-order chi connectivity index (χ1) is 8.99. The van der Waals surface area contributed by atoms with E-state index in [0.29, 0.717) is 19.6 Å². The first-order valence-electron chi connectivity index (χ1n) is 6.44. The number of nitrogens with two attached hydrogens (primary N) is 1. The van der Waals surface area contributed by atoms with Gasteiger partial charge in [0.1, 0.15) is 17.9 Å². The fourth-order valence-electron chi connectivity index (χ4n) is 2.07. The number of rotatable bonds is 4. The van der Waals surface area contributed by atoms with Gasteiger partial charge in [0, 0.05) is 25.2 Å². The SMILES string of the molecule is CC(N)(CCN1CCOc2ccccc2C1)C(=O)O. The van der Waals surface area contributed by atoms with E-state index in [1.165, 1.54) is 0 Å². The molecule has 0 bridgehead atoms.